The Morgan fingerprint density at radius 3 is 2.83 bits per heavy atom. The first-order chi connectivity index (χ1) is 8.60. The summed E-state index contributed by atoms with van der Waals surface area (Å²) in [6, 6.07) is 4.54. The molecule has 0 aliphatic heterocycles. The standard InChI is InChI=1S/C13H15FN2OS/c1-8-16-10(7-18-8)6-12(15)9-3-4-13(17-2)11(14)5-9/h3-5,7,12H,6,15H2,1-2H3. The van der Waals surface area contributed by atoms with E-state index < -0.39 is 0 Å². The lowest BCUT2D eigenvalue weighted by Gasteiger charge is -2.11. The van der Waals surface area contributed by atoms with E-state index in [4.69, 9.17) is 10.5 Å². The lowest BCUT2D eigenvalue weighted by atomic mass is 10.0. The Morgan fingerprint density at radius 2 is 2.28 bits per heavy atom. The molecule has 2 rings (SSSR count). The van der Waals surface area contributed by atoms with Crippen LogP contribution in [0.3, 0.4) is 0 Å². The van der Waals surface area contributed by atoms with Gasteiger partial charge in [-0.25, -0.2) is 9.37 Å². The molecular formula is C13H15FN2OS. The lowest BCUT2D eigenvalue weighted by molar-refractivity contribution is 0.386. The highest BCUT2D eigenvalue weighted by Gasteiger charge is 2.12. The van der Waals surface area contributed by atoms with E-state index in [1.807, 2.05) is 12.3 Å². The van der Waals surface area contributed by atoms with Crippen LogP contribution < -0.4 is 10.5 Å². The van der Waals surface area contributed by atoms with Crippen molar-refractivity contribution in [1.82, 2.24) is 4.98 Å². The van der Waals surface area contributed by atoms with Crippen molar-refractivity contribution in [2.75, 3.05) is 7.11 Å². The molecule has 1 aromatic heterocycles. The molecule has 1 heterocycles. The van der Waals surface area contributed by atoms with Crippen molar-refractivity contribution in [3.8, 4) is 5.75 Å². The Balaban J connectivity index is 2.13. The molecule has 0 aliphatic rings. The average molecular weight is 266 g/mol. The molecule has 1 atom stereocenters. The molecule has 0 saturated carbocycles. The van der Waals surface area contributed by atoms with Crippen LogP contribution in [0.25, 0.3) is 0 Å². The fourth-order valence-corrected chi connectivity index (χ4v) is 2.38. The van der Waals surface area contributed by atoms with Crippen LogP contribution >= 0.6 is 11.3 Å². The monoisotopic (exact) mass is 266 g/mol. The second-order valence-corrected chi connectivity index (χ2v) is 5.12. The molecule has 0 bridgehead atoms. The number of methoxy groups -OCH3 is 1. The molecule has 5 heteroatoms. The van der Waals surface area contributed by atoms with E-state index in [2.05, 4.69) is 4.98 Å². The van der Waals surface area contributed by atoms with Crippen LogP contribution in [0.1, 0.15) is 22.3 Å². The highest BCUT2D eigenvalue weighted by atomic mass is 32.1. The largest absolute Gasteiger partial charge is 0.494 e. The number of nitrogens with two attached hydrogens (primary N) is 1. The summed E-state index contributed by atoms with van der Waals surface area (Å²) >= 11 is 1.59. The summed E-state index contributed by atoms with van der Waals surface area (Å²) in [4.78, 5) is 4.35. The van der Waals surface area contributed by atoms with E-state index in [0.29, 0.717) is 6.42 Å². The van der Waals surface area contributed by atoms with Gasteiger partial charge in [-0.15, -0.1) is 11.3 Å². The maximum atomic E-state index is 13.6. The summed E-state index contributed by atoms with van der Waals surface area (Å²) < 4.78 is 18.4. The molecule has 18 heavy (non-hydrogen) atoms. The van der Waals surface area contributed by atoms with Crippen LogP contribution in [0.4, 0.5) is 4.39 Å². The van der Waals surface area contributed by atoms with Gasteiger partial charge in [0.25, 0.3) is 0 Å². The first-order valence-electron chi connectivity index (χ1n) is 5.60. The summed E-state index contributed by atoms with van der Waals surface area (Å²) in [5.74, 6) is -0.157. The molecule has 0 amide bonds. The number of hydrogen-bond donors (Lipinski definition) is 1. The summed E-state index contributed by atoms with van der Waals surface area (Å²) in [6.45, 7) is 1.95. The normalized spacial score (nSPS) is 12.4. The third-order valence-electron chi connectivity index (χ3n) is 2.70. The SMILES string of the molecule is COc1ccc(C(N)Cc2csc(C)n2)cc1F. The summed E-state index contributed by atoms with van der Waals surface area (Å²) in [7, 11) is 1.44. The van der Waals surface area contributed by atoms with Crippen molar-refractivity contribution in [2.45, 2.75) is 19.4 Å². The lowest BCUT2D eigenvalue weighted by Crippen LogP contribution is -2.14. The molecule has 0 aliphatic carbocycles. The van der Waals surface area contributed by atoms with Gasteiger partial charge in [0.1, 0.15) is 0 Å². The van der Waals surface area contributed by atoms with Crippen molar-refractivity contribution < 1.29 is 9.13 Å². The van der Waals surface area contributed by atoms with Crippen LogP contribution in [0.5, 0.6) is 5.75 Å². The van der Waals surface area contributed by atoms with E-state index in [1.54, 1.807) is 23.5 Å². The van der Waals surface area contributed by atoms with Crippen molar-refractivity contribution in [3.05, 3.63) is 45.7 Å². The Hall–Kier alpha value is -1.46. The fraction of sp³-hybridized carbons (Fsp3) is 0.308. The van der Waals surface area contributed by atoms with Crippen molar-refractivity contribution in [3.63, 3.8) is 0 Å². The zero-order chi connectivity index (χ0) is 13.1. The molecule has 3 nitrogen and oxygen atoms in total. The van der Waals surface area contributed by atoms with Crippen LogP contribution in [0, 0.1) is 12.7 Å². The van der Waals surface area contributed by atoms with Crippen LogP contribution in [0.2, 0.25) is 0 Å². The summed E-state index contributed by atoms with van der Waals surface area (Å²) in [6.07, 6.45) is 0.607. The minimum atomic E-state index is -0.389. The smallest absolute Gasteiger partial charge is 0.165 e. The minimum absolute atomic E-state index is 0.232. The van der Waals surface area contributed by atoms with Gasteiger partial charge >= 0.3 is 0 Å². The van der Waals surface area contributed by atoms with Crippen molar-refractivity contribution in [1.29, 1.82) is 0 Å². The number of thiazole rings is 1. The Morgan fingerprint density at radius 1 is 1.50 bits per heavy atom. The second-order valence-electron chi connectivity index (χ2n) is 4.06. The average Bonchev–Trinajstić information content (AvgIpc) is 2.74. The van der Waals surface area contributed by atoms with Gasteiger partial charge in [0.2, 0.25) is 0 Å². The van der Waals surface area contributed by atoms with Gasteiger partial charge in [-0.3, -0.25) is 0 Å². The second kappa shape index (κ2) is 5.46. The minimum Gasteiger partial charge on any atom is -0.494 e. The van der Waals surface area contributed by atoms with Gasteiger partial charge in [0, 0.05) is 17.8 Å². The molecule has 2 aromatic rings. The topological polar surface area (TPSA) is 48.1 Å². The molecule has 0 spiro atoms. The number of rotatable bonds is 4. The maximum Gasteiger partial charge on any atom is 0.165 e. The Bertz CT molecular complexity index is 542. The van der Waals surface area contributed by atoms with Crippen molar-refractivity contribution in [2.24, 2.45) is 5.73 Å². The van der Waals surface area contributed by atoms with Crippen LogP contribution in [-0.4, -0.2) is 12.1 Å². The predicted octanol–water partition coefficient (Wildman–Crippen LogP) is 2.84. The first kappa shape index (κ1) is 13.0. The number of hydrogen-bond acceptors (Lipinski definition) is 4. The van der Waals surface area contributed by atoms with E-state index in [-0.39, 0.29) is 17.6 Å². The Labute approximate surface area is 109 Å². The number of halogens is 1. The number of aryl methyl sites for hydroxylation is 1. The highest BCUT2D eigenvalue weighted by Crippen LogP contribution is 2.23. The molecular weight excluding hydrogens is 251 g/mol. The third kappa shape index (κ3) is 2.86. The summed E-state index contributed by atoms with van der Waals surface area (Å²) in [5, 5.41) is 2.99. The zero-order valence-corrected chi connectivity index (χ0v) is 11.1. The molecule has 1 aromatic carbocycles. The van der Waals surface area contributed by atoms with Gasteiger partial charge in [-0.05, 0) is 24.6 Å². The number of benzene rings is 1. The van der Waals surface area contributed by atoms with E-state index in [9.17, 15) is 4.39 Å². The van der Waals surface area contributed by atoms with Gasteiger partial charge in [0.15, 0.2) is 11.6 Å². The third-order valence-corrected chi connectivity index (χ3v) is 3.52. The molecule has 2 N–H and O–H groups in total. The molecule has 0 fully saturated rings. The quantitative estimate of drug-likeness (QED) is 0.925. The fourth-order valence-electron chi connectivity index (χ4n) is 1.76. The molecule has 0 radical (unpaired) electrons. The molecule has 96 valence electrons. The van der Waals surface area contributed by atoms with E-state index in [0.717, 1.165) is 16.3 Å². The maximum absolute atomic E-state index is 13.6. The van der Waals surface area contributed by atoms with Crippen LogP contribution in [0.15, 0.2) is 23.6 Å². The number of aromatic nitrogens is 1. The predicted molar refractivity (Wildman–Crippen MR) is 70.4 cm³/mol. The van der Waals surface area contributed by atoms with E-state index >= 15 is 0 Å². The van der Waals surface area contributed by atoms with Crippen LogP contribution in [-0.2, 0) is 6.42 Å². The Kier molecular flexibility index (Phi) is 3.93. The zero-order valence-electron chi connectivity index (χ0n) is 10.3. The van der Waals surface area contributed by atoms with Crippen molar-refractivity contribution >= 4 is 11.3 Å². The highest BCUT2D eigenvalue weighted by molar-refractivity contribution is 7.09. The molecule has 1 unspecified atom stereocenters. The van der Waals surface area contributed by atoms with Gasteiger partial charge in [-0.1, -0.05) is 6.07 Å². The number of ether oxygens (including phenoxy) is 1. The van der Waals surface area contributed by atoms with Gasteiger partial charge in [0.05, 0.1) is 17.8 Å². The van der Waals surface area contributed by atoms with Gasteiger partial charge < -0.3 is 10.5 Å². The summed E-state index contributed by atoms with van der Waals surface area (Å²) in [5.41, 5.74) is 7.75. The number of nitrogens with zero attached hydrogens (tertiary/aromatic N) is 1. The van der Waals surface area contributed by atoms with E-state index in [1.165, 1.54) is 13.2 Å². The molecule has 0 saturated heterocycles. The first-order valence-corrected chi connectivity index (χ1v) is 6.48. The van der Waals surface area contributed by atoms with Gasteiger partial charge in [-0.2, -0.15) is 0 Å².